The predicted octanol–water partition coefficient (Wildman–Crippen LogP) is 0.246. The largest absolute Gasteiger partial charge is 0.316 e. The van der Waals surface area contributed by atoms with Crippen molar-refractivity contribution in [1.29, 1.82) is 0 Å². The molecular formula is C11H22N2O2S. The summed E-state index contributed by atoms with van der Waals surface area (Å²) in [6, 6.07) is 0.733. The lowest BCUT2D eigenvalue weighted by Crippen LogP contribution is -2.46. The van der Waals surface area contributed by atoms with Gasteiger partial charge >= 0.3 is 0 Å². The Morgan fingerprint density at radius 2 is 2.06 bits per heavy atom. The second kappa shape index (κ2) is 3.96. The number of hydrogen-bond donors (Lipinski definition) is 1. The molecule has 94 valence electrons. The lowest BCUT2D eigenvalue weighted by molar-refractivity contribution is 0.128. The molecule has 2 aliphatic rings. The molecule has 2 atom stereocenters. The van der Waals surface area contributed by atoms with Crippen molar-refractivity contribution in [1.82, 2.24) is 10.2 Å². The van der Waals surface area contributed by atoms with Gasteiger partial charge in [0.25, 0.3) is 0 Å². The molecule has 0 aliphatic carbocycles. The van der Waals surface area contributed by atoms with Crippen LogP contribution in [0.15, 0.2) is 0 Å². The van der Waals surface area contributed by atoms with Crippen molar-refractivity contribution in [3.8, 4) is 0 Å². The maximum absolute atomic E-state index is 11.5. The van der Waals surface area contributed by atoms with Crippen LogP contribution in [0.25, 0.3) is 0 Å². The fourth-order valence-corrected chi connectivity index (χ4v) is 4.86. The highest BCUT2D eigenvalue weighted by Gasteiger charge is 2.44. The van der Waals surface area contributed by atoms with Gasteiger partial charge in [0.2, 0.25) is 0 Å². The first-order chi connectivity index (χ1) is 7.34. The molecule has 4 nitrogen and oxygen atoms in total. The van der Waals surface area contributed by atoms with Gasteiger partial charge in [0.15, 0.2) is 9.84 Å². The van der Waals surface area contributed by atoms with Crippen LogP contribution in [-0.4, -0.2) is 56.0 Å². The normalized spacial score (nSPS) is 37.9. The van der Waals surface area contributed by atoms with Crippen LogP contribution in [0.5, 0.6) is 0 Å². The van der Waals surface area contributed by atoms with Gasteiger partial charge in [0, 0.05) is 24.2 Å². The molecule has 0 aromatic rings. The predicted molar refractivity (Wildman–Crippen MR) is 65.3 cm³/mol. The van der Waals surface area contributed by atoms with Crippen LogP contribution in [-0.2, 0) is 9.84 Å². The van der Waals surface area contributed by atoms with Crippen molar-refractivity contribution in [2.45, 2.75) is 44.3 Å². The average molecular weight is 246 g/mol. The minimum atomic E-state index is -2.77. The summed E-state index contributed by atoms with van der Waals surface area (Å²) in [6.45, 7) is 5.41. The first-order valence-corrected chi connectivity index (χ1v) is 7.81. The molecule has 1 N–H and O–H groups in total. The molecule has 0 bridgehead atoms. The number of rotatable bonds is 2. The van der Waals surface area contributed by atoms with Crippen molar-refractivity contribution in [2.75, 3.05) is 25.1 Å². The van der Waals surface area contributed by atoms with E-state index in [1.165, 1.54) is 0 Å². The van der Waals surface area contributed by atoms with Gasteiger partial charge in [-0.25, -0.2) is 8.42 Å². The van der Waals surface area contributed by atoms with Crippen molar-refractivity contribution >= 4 is 9.84 Å². The van der Waals surface area contributed by atoms with Gasteiger partial charge in [-0.15, -0.1) is 0 Å². The Hall–Kier alpha value is -0.130. The molecule has 2 aliphatic heterocycles. The number of hydrogen-bond acceptors (Lipinski definition) is 4. The zero-order valence-corrected chi connectivity index (χ0v) is 11.2. The Balaban J connectivity index is 2.10. The molecule has 2 heterocycles. The standard InChI is InChI=1S/C11H22N2O2S/c1-11(2)6-9(12-3)7-13(11)10-4-5-16(14,15)8-10/h9-10,12H,4-8H2,1-3H3. The second-order valence-electron chi connectivity index (χ2n) is 5.71. The average Bonchev–Trinajstić information content (AvgIpc) is 2.65. The fraction of sp³-hybridized carbons (Fsp3) is 1.00. The number of nitrogens with zero attached hydrogens (tertiary/aromatic N) is 1. The van der Waals surface area contributed by atoms with Crippen LogP contribution in [0.1, 0.15) is 26.7 Å². The van der Waals surface area contributed by atoms with E-state index in [9.17, 15) is 8.42 Å². The Kier molecular flexibility index (Phi) is 3.05. The minimum absolute atomic E-state index is 0.123. The number of likely N-dealkylation sites (tertiary alicyclic amines) is 1. The Morgan fingerprint density at radius 1 is 1.38 bits per heavy atom. The molecule has 5 heteroatoms. The Labute approximate surface area is 98.3 Å². The molecule has 0 amide bonds. The van der Waals surface area contributed by atoms with Gasteiger partial charge in [0.05, 0.1) is 11.5 Å². The van der Waals surface area contributed by atoms with Crippen molar-refractivity contribution in [2.24, 2.45) is 0 Å². The molecule has 0 radical (unpaired) electrons. The van der Waals surface area contributed by atoms with Crippen LogP contribution < -0.4 is 5.32 Å². The Bertz CT molecular complexity index is 364. The molecule has 0 aromatic heterocycles. The highest BCUT2D eigenvalue weighted by molar-refractivity contribution is 7.91. The number of likely N-dealkylation sites (N-methyl/N-ethyl adjacent to an activating group) is 1. The molecular weight excluding hydrogens is 224 g/mol. The SMILES string of the molecule is CNC1CN(C2CCS(=O)(=O)C2)C(C)(C)C1. The first-order valence-electron chi connectivity index (χ1n) is 5.98. The summed E-state index contributed by atoms with van der Waals surface area (Å²) in [7, 11) is -0.788. The molecule has 0 spiro atoms. The highest BCUT2D eigenvalue weighted by atomic mass is 32.2. The van der Waals surface area contributed by atoms with Crippen LogP contribution in [0.3, 0.4) is 0 Å². The molecule has 2 saturated heterocycles. The van der Waals surface area contributed by atoms with E-state index in [-0.39, 0.29) is 11.6 Å². The first kappa shape index (κ1) is 12.3. The van der Waals surface area contributed by atoms with Crippen LogP contribution in [0.4, 0.5) is 0 Å². The summed E-state index contributed by atoms with van der Waals surface area (Å²) in [6.07, 6.45) is 1.91. The van der Waals surface area contributed by atoms with Gasteiger partial charge in [-0.05, 0) is 33.7 Å². The summed E-state index contributed by atoms with van der Waals surface area (Å²) in [5, 5.41) is 3.30. The summed E-state index contributed by atoms with van der Waals surface area (Å²) in [4.78, 5) is 2.39. The second-order valence-corrected chi connectivity index (χ2v) is 7.94. The van der Waals surface area contributed by atoms with Gasteiger partial charge in [-0.3, -0.25) is 4.90 Å². The van der Waals surface area contributed by atoms with E-state index in [0.29, 0.717) is 17.5 Å². The molecule has 2 rings (SSSR count). The zero-order chi connectivity index (χ0) is 12.0. The number of sulfone groups is 1. The molecule has 0 saturated carbocycles. The minimum Gasteiger partial charge on any atom is -0.316 e. The van der Waals surface area contributed by atoms with E-state index in [0.717, 1.165) is 19.4 Å². The van der Waals surface area contributed by atoms with Gasteiger partial charge in [-0.1, -0.05) is 0 Å². The van der Waals surface area contributed by atoms with E-state index >= 15 is 0 Å². The molecule has 2 unspecified atom stereocenters. The summed E-state index contributed by atoms with van der Waals surface area (Å²) in [5.41, 5.74) is 0.123. The van der Waals surface area contributed by atoms with E-state index in [2.05, 4.69) is 24.1 Å². The third kappa shape index (κ3) is 2.26. The van der Waals surface area contributed by atoms with E-state index < -0.39 is 9.84 Å². The van der Waals surface area contributed by atoms with E-state index in [4.69, 9.17) is 0 Å². The maximum Gasteiger partial charge on any atom is 0.151 e. The van der Waals surface area contributed by atoms with Crippen LogP contribution in [0, 0.1) is 0 Å². The van der Waals surface area contributed by atoms with Crippen molar-refractivity contribution in [3.63, 3.8) is 0 Å². The quantitative estimate of drug-likeness (QED) is 0.758. The highest BCUT2D eigenvalue weighted by Crippen LogP contribution is 2.33. The topological polar surface area (TPSA) is 49.4 Å². The van der Waals surface area contributed by atoms with Gasteiger partial charge < -0.3 is 5.32 Å². The molecule has 0 aromatic carbocycles. The fourth-order valence-electron chi connectivity index (χ4n) is 3.13. The Morgan fingerprint density at radius 3 is 2.50 bits per heavy atom. The maximum atomic E-state index is 11.5. The van der Waals surface area contributed by atoms with Gasteiger partial charge in [0.1, 0.15) is 0 Å². The van der Waals surface area contributed by atoms with Gasteiger partial charge in [-0.2, -0.15) is 0 Å². The van der Waals surface area contributed by atoms with Crippen molar-refractivity contribution < 1.29 is 8.42 Å². The van der Waals surface area contributed by atoms with Crippen LogP contribution in [0.2, 0.25) is 0 Å². The molecule has 16 heavy (non-hydrogen) atoms. The monoisotopic (exact) mass is 246 g/mol. The van der Waals surface area contributed by atoms with Crippen LogP contribution >= 0.6 is 0 Å². The molecule has 2 fully saturated rings. The van der Waals surface area contributed by atoms with E-state index in [1.807, 2.05) is 7.05 Å². The summed E-state index contributed by atoms with van der Waals surface area (Å²) >= 11 is 0. The lowest BCUT2D eigenvalue weighted by Gasteiger charge is -2.35. The third-order valence-electron chi connectivity index (χ3n) is 4.00. The zero-order valence-electron chi connectivity index (χ0n) is 10.4. The summed E-state index contributed by atoms with van der Waals surface area (Å²) in [5.74, 6) is 0.724. The third-order valence-corrected chi connectivity index (χ3v) is 5.75. The number of nitrogens with one attached hydrogen (secondary N) is 1. The van der Waals surface area contributed by atoms with Crippen molar-refractivity contribution in [3.05, 3.63) is 0 Å². The lowest BCUT2D eigenvalue weighted by atomic mass is 9.99. The summed E-state index contributed by atoms with van der Waals surface area (Å²) < 4.78 is 23.0. The smallest absolute Gasteiger partial charge is 0.151 e. The van der Waals surface area contributed by atoms with E-state index in [1.54, 1.807) is 0 Å².